The van der Waals surface area contributed by atoms with Gasteiger partial charge in [0.2, 0.25) is 11.8 Å². The first-order valence-corrected chi connectivity index (χ1v) is 10.2. The van der Waals surface area contributed by atoms with Crippen molar-refractivity contribution in [2.24, 2.45) is 23.2 Å². The van der Waals surface area contributed by atoms with Gasteiger partial charge < -0.3 is 10.6 Å². The molecule has 4 aliphatic carbocycles. The minimum atomic E-state index is -0.238. The molecule has 146 valence electrons. The summed E-state index contributed by atoms with van der Waals surface area (Å²) in [5.74, 6) is 2.06. The Morgan fingerprint density at radius 2 is 1.70 bits per heavy atom. The third-order valence-electron chi connectivity index (χ3n) is 6.87. The number of rotatable bonds is 6. The first-order chi connectivity index (χ1) is 12.9. The van der Waals surface area contributed by atoms with Gasteiger partial charge >= 0.3 is 0 Å². The van der Waals surface area contributed by atoms with Gasteiger partial charge in [0.1, 0.15) is 5.82 Å². The fourth-order valence-electron chi connectivity index (χ4n) is 5.97. The Morgan fingerprint density at radius 1 is 1.07 bits per heavy atom. The zero-order valence-electron chi connectivity index (χ0n) is 16.0. The lowest BCUT2D eigenvalue weighted by atomic mass is 9.49. The molecule has 0 aliphatic heterocycles. The molecule has 0 heterocycles. The van der Waals surface area contributed by atoms with E-state index in [1.807, 2.05) is 0 Å². The van der Waals surface area contributed by atoms with Crippen molar-refractivity contribution >= 4 is 11.8 Å². The van der Waals surface area contributed by atoms with Gasteiger partial charge in [-0.3, -0.25) is 9.59 Å². The summed E-state index contributed by atoms with van der Waals surface area (Å²) in [5, 5.41) is 5.88. The maximum absolute atomic E-state index is 13.3. The number of carbonyl (C=O) groups is 2. The van der Waals surface area contributed by atoms with Crippen molar-refractivity contribution in [3.63, 3.8) is 0 Å². The molecule has 0 atom stereocenters. The number of hydrogen-bond acceptors (Lipinski definition) is 2. The number of benzene rings is 1. The van der Waals surface area contributed by atoms with Gasteiger partial charge in [-0.25, -0.2) is 4.39 Å². The fourth-order valence-corrected chi connectivity index (χ4v) is 5.97. The molecule has 2 amide bonds. The van der Waals surface area contributed by atoms with Gasteiger partial charge in [-0.1, -0.05) is 12.1 Å². The van der Waals surface area contributed by atoms with Crippen molar-refractivity contribution in [3.05, 3.63) is 35.1 Å². The molecule has 4 saturated carbocycles. The molecule has 4 nitrogen and oxygen atoms in total. The highest BCUT2D eigenvalue weighted by atomic mass is 19.1. The Hall–Kier alpha value is -1.91. The van der Waals surface area contributed by atoms with Crippen LogP contribution in [-0.4, -0.2) is 18.4 Å². The molecule has 0 spiro atoms. The fraction of sp³-hybridized carbons (Fsp3) is 0.636. The van der Waals surface area contributed by atoms with Crippen LogP contribution >= 0.6 is 0 Å². The van der Waals surface area contributed by atoms with Crippen LogP contribution < -0.4 is 10.6 Å². The van der Waals surface area contributed by atoms with Crippen molar-refractivity contribution in [2.45, 2.75) is 58.4 Å². The summed E-state index contributed by atoms with van der Waals surface area (Å²) in [6, 6.07) is 4.84. The van der Waals surface area contributed by atoms with Gasteiger partial charge in [0.25, 0.3) is 0 Å². The van der Waals surface area contributed by atoms with Crippen LogP contribution in [0, 0.1) is 35.9 Å². The molecule has 0 aromatic heterocycles. The molecule has 4 fully saturated rings. The van der Waals surface area contributed by atoms with Crippen LogP contribution in [0.2, 0.25) is 0 Å². The van der Waals surface area contributed by atoms with Crippen molar-refractivity contribution in [2.75, 3.05) is 6.54 Å². The SMILES string of the molecule is Cc1cc(CNC(=O)CCNC(=O)C23CC4CC(CC(C4)C2)C3)ccc1F. The highest BCUT2D eigenvalue weighted by molar-refractivity contribution is 5.84. The Bertz CT molecular complexity index is 711. The quantitative estimate of drug-likeness (QED) is 0.803. The van der Waals surface area contributed by atoms with Crippen LogP contribution in [0.4, 0.5) is 4.39 Å². The predicted molar refractivity (Wildman–Crippen MR) is 101 cm³/mol. The number of aryl methyl sites for hydroxylation is 1. The molecule has 0 radical (unpaired) electrons. The van der Waals surface area contributed by atoms with Crippen LogP contribution in [0.5, 0.6) is 0 Å². The molecule has 5 heteroatoms. The average molecular weight is 372 g/mol. The van der Waals surface area contributed by atoms with Crippen LogP contribution in [0.25, 0.3) is 0 Å². The molecule has 2 N–H and O–H groups in total. The topological polar surface area (TPSA) is 58.2 Å². The van der Waals surface area contributed by atoms with Crippen molar-refractivity contribution in [1.29, 1.82) is 0 Å². The smallest absolute Gasteiger partial charge is 0.226 e. The minimum Gasteiger partial charge on any atom is -0.355 e. The molecule has 4 aliphatic rings. The third kappa shape index (κ3) is 3.87. The van der Waals surface area contributed by atoms with E-state index in [0.717, 1.165) is 42.6 Å². The van der Waals surface area contributed by atoms with Crippen LogP contribution in [0.3, 0.4) is 0 Å². The zero-order chi connectivity index (χ0) is 19.0. The lowest BCUT2D eigenvalue weighted by Crippen LogP contribution is -2.53. The molecular formula is C22H29FN2O2. The van der Waals surface area contributed by atoms with E-state index in [1.165, 1.54) is 25.3 Å². The van der Waals surface area contributed by atoms with Crippen LogP contribution in [-0.2, 0) is 16.1 Å². The number of carbonyl (C=O) groups excluding carboxylic acids is 2. The van der Waals surface area contributed by atoms with Crippen molar-refractivity contribution < 1.29 is 14.0 Å². The second-order valence-electron chi connectivity index (χ2n) is 9.06. The summed E-state index contributed by atoms with van der Waals surface area (Å²) >= 11 is 0. The Labute approximate surface area is 160 Å². The minimum absolute atomic E-state index is 0.0946. The van der Waals surface area contributed by atoms with E-state index in [9.17, 15) is 14.0 Å². The first-order valence-electron chi connectivity index (χ1n) is 10.2. The number of amides is 2. The second kappa shape index (κ2) is 7.25. The van der Waals surface area contributed by atoms with Gasteiger partial charge in [-0.2, -0.15) is 0 Å². The molecular weight excluding hydrogens is 343 g/mol. The van der Waals surface area contributed by atoms with Gasteiger partial charge in [0.15, 0.2) is 0 Å². The molecule has 0 unspecified atom stereocenters. The zero-order valence-corrected chi connectivity index (χ0v) is 16.0. The lowest BCUT2D eigenvalue weighted by Gasteiger charge is -2.55. The van der Waals surface area contributed by atoms with Gasteiger partial charge in [0, 0.05) is 24.9 Å². The molecule has 1 aromatic carbocycles. The number of nitrogens with one attached hydrogen (secondary N) is 2. The van der Waals surface area contributed by atoms with Crippen molar-refractivity contribution in [3.8, 4) is 0 Å². The molecule has 1 aromatic rings. The third-order valence-corrected chi connectivity index (χ3v) is 6.87. The van der Waals surface area contributed by atoms with Crippen molar-refractivity contribution in [1.82, 2.24) is 10.6 Å². The van der Waals surface area contributed by atoms with E-state index in [0.29, 0.717) is 18.7 Å². The van der Waals surface area contributed by atoms with E-state index in [4.69, 9.17) is 0 Å². The average Bonchev–Trinajstić information content (AvgIpc) is 2.61. The van der Waals surface area contributed by atoms with E-state index >= 15 is 0 Å². The summed E-state index contributed by atoms with van der Waals surface area (Å²) in [6.07, 6.45) is 7.36. The Morgan fingerprint density at radius 3 is 2.30 bits per heavy atom. The first kappa shape index (κ1) is 18.5. The van der Waals surface area contributed by atoms with Gasteiger partial charge in [-0.05, 0) is 80.4 Å². The Balaban J connectivity index is 1.22. The normalized spacial score (nSPS) is 31.0. The summed E-state index contributed by atoms with van der Waals surface area (Å²) in [4.78, 5) is 24.9. The monoisotopic (exact) mass is 372 g/mol. The van der Waals surface area contributed by atoms with E-state index in [-0.39, 0.29) is 29.5 Å². The predicted octanol–water partition coefficient (Wildman–Crippen LogP) is 3.47. The largest absolute Gasteiger partial charge is 0.355 e. The second-order valence-corrected chi connectivity index (χ2v) is 9.06. The highest BCUT2D eigenvalue weighted by Gasteiger charge is 2.54. The van der Waals surface area contributed by atoms with E-state index in [2.05, 4.69) is 10.6 Å². The van der Waals surface area contributed by atoms with Crippen LogP contribution in [0.15, 0.2) is 18.2 Å². The number of hydrogen-bond donors (Lipinski definition) is 2. The van der Waals surface area contributed by atoms with Crippen LogP contribution in [0.1, 0.15) is 56.1 Å². The van der Waals surface area contributed by atoms with Gasteiger partial charge in [0.05, 0.1) is 0 Å². The maximum atomic E-state index is 13.3. The lowest BCUT2D eigenvalue weighted by molar-refractivity contribution is -0.146. The molecule has 5 rings (SSSR count). The standard InChI is InChI=1S/C22H29FN2O2/c1-14-6-15(2-3-19(14)23)13-25-20(26)4-5-24-21(27)22-10-16-7-17(11-22)9-18(8-16)12-22/h2-3,6,16-18H,4-5,7-13H2,1H3,(H,24,27)(H,25,26). The summed E-state index contributed by atoms with van der Waals surface area (Å²) in [6.45, 7) is 2.47. The maximum Gasteiger partial charge on any atom is 0.226 e. The summed E-state index contributed by atoms with van der Waals surface area (Å²) < 4.78 is 13.3. The van der Waals surface area contributed by atoms with E-state index < -0.39 is 0 Å². The Kier molecular flexibility index (Phi) is 4.95. The molecule has 27 heavy (non-hydrogen) atoms. The molecule has 0 saturated heterocycles. The highest BCUT2D eigenvalue weighted by Crippen LogP contribution is 2.60. The number of halogens is 1. The van der Waals surface area contributed by atoms with E-state index in [1.54, 1.807) is 19.1 Å². The molecule has 4 bridgehead atoms. The summed E-state index contributed by atoms with van der Waals surface area (Å²) in [7, 11) is 0. The summed E-state index contributed by atoms with van der Waals surface area (Å²) in [5.41, 5.74) is 1.29. The van der Waals surface area contributed by atoms with Gasteiger partial charge in [-0.15, -0.1) is 0 Å².